The second-order valence-corrected chi connectivity index (χ2v) is 6.27. The molecule has 5 heteroatoms. The van der Waals surface area contributed by atoms with Crippen molar-refractivity contribution >= 4 is 5.91 Å². The molecule has 0 aliphatic carbocycles. The quantitative estimate of drug-likeness (QED) is 0.938. The van der Waals surface area contributed by atoms with Gasteiger partial charge in [0.15, 0.2) is 0 Å². The van der Waals surface area contributed by atoms with Crippen LogP contribution in [0.15, 0.2) is 48.8 Å². The van der Waals surface area contributed by atoms with E-state index in [0.717, 1.165) is 24.2 Å². The van der Waals surface area contributed by atoms with Crippen LogP contribution in [0.25, 0.3) is 0 Å². The van der Waals surface area contributed by atoms with Gasteiger partial charge in [0.1, 0.15) is 11.4 Å². The highest BCUT2D eigenvalue weighted by atomic mass is 16.5. The lowest BCUT2D eigenvalue weighted by Gasteiger charge is -2.37. The lowest BCUT2D eigenvalue weighted by atomic mass is 9.86. The Morgan fingerprint density at radius 2 is 2.08 bits per heavy atom. The van der Waals surface area contributed by atoms with Gasteiger partial charge in [-0.3, -0.25) is 9.78 Å². The number of ether oxygens (including phenoxy) is 1. The van der Waals surface area contributed by atoms with Crippen LogP contribution in [0.2, 0.25) is 0 Å². The highest BCUT2D eigenvalue weighted by molar-refractivity contribution is 5.94. The number of pyridine rings is 1. The molecule has 126 valence electrons. The number of likely N-dealkylation sites (tertiary alicyclic amines) is 1. The Labute approximate surface area is 141 Å². The first-order chi connectivity index (χ1) is 11.5. The van der Waals surface area contributed by atoms with Crippen LogP contribution in [0, 0.1) is 0 Å². The third-order valence-corrected chi connectivity index (χ3v) is 4.75. The maximum atomic E-state index is 12.8. The molecule has 1 N–H and O–H groups in total. The van der Waals surface area contributed by atoms with Crippen molar-refractivity contribution in [2.45, 2.75) is 31.4 Å². The van der Waals surface area contributed by atoms with Gasteiger partial charge < -0.3 is 14.7 Å². The Morgan fingerprint density at radius 1 is 1.33 bits per heavy atom. The summed E-state index contributed by atoms with van der Waals surface area (Å²) >= 11 is 0. The second-order valence-electron chi connectivity index (χ2n) is 6.27. The number of nitrogens with zero attached hydrogens (tertiary/aromatic N) is 2. The van der Waals surface area contributed by atoms with Crippen LogP contribution < -0.4 is 4.74 Å². The topological polar surface area (TPSA) is 62.7 Å². The number of amides is 1. The monoisotopic (exact) mass is 326 g/mol. The highest BCUT2D eigenvalue weighted by Gasteiger charge is 2.42. The molecule has 1 aromatic heterocycles. The van der Waals surface area contributed by atoms with Gasteiger partial charge >= 0.3 is 0 Å². The molecule has 24 heavy (non-hydrogen) atoms. The maximum absolute atomic E-state index is 12.8. The number of aromatic nitrogens is 1. The molecule has 1 aliphatic heterocycles. The summed E-state index contributed by atoms with van der Waals surface area (Å²) in [4.78, 5) is 18.6. The van der Waals surface area contributed by atoms with Crippen LogP contribution in [-0.2, 0) is 5.60 Å². The molecule has 2 heterocycles. The fraction of sp³-hybridized carbons (Fsp3) is 0.368. The summed E-state index contributed by atoms with van der Waals surface area (Å²) < 4.78 is 5.17. The van der Waals surface area contributed by atoms with E-state index in [0.29, 0.717) is 12.1 Å². The average molecular weight is 326 g/mol. The van der Waals surface area contributed by atoms with Gasteiger partial charge in [0.05, 0.1) is 18.7 Å². The van der Waals surface area contributed by atoms with E-state index in [9.17, 15) is 9.90 Å². The summed E-state index contributed by atoms with van der Waals surface area (Å²) in [5, 5.41) is 11.2. The zero-order chi connectivity index (χ0) is 17.2. The number of aliphatic hydroxyl groups is 1. The van der Waals surface area contributed by atoms with E-state index in [1.54, 1.807) is 43.5 Å². The lowest BCUT2D eigenvalue weighted by molar-refractivity contribution is -0.0177. The van der Waals surface area contributed by atoms with Gasteiger partial charge in [-0.25, -0.2) is 0 Å². The minimum absolute atomic E-state index is 0.0839. The largest absolute Gasteiger partial charge is 0.497 e. The van der Waals surface area contributed by atoms with E-state index >= 15 is 0 Å². The molecule has 1 aliphatic rings. The van der Waals surface area contributed by atoms with Gasteiger partial charge in [-0.1, -0.05) is 12.1 Å². The Hall–Kier alpha value is -2.40. The first-order valence-electron chi connectivity index (χ1n) is 8.12. The minimum Gasteiger partial charge on any atom is -0.497 e. The average Bonchev–Trinajstić information content (AvgIpc) is 3.12. The van der Waals surface area contributed by atoms with Crippen molar-refractivity contribution in [2.75, 3.05) is 13.7 Å². The van der Waals surface area contributed by atoms with Gasteiger partial charge in [-0.05, 0) is 49.6 Å². The van der Waals surface area contributed by atoms with E-state index < -0.39 is 5.60 Å². The Balaban J connectivity index is 1.87. The first-order valence-corrected chi connectivity index (χ1v) is 8.12. The number of carbonyl (C=O) groups is 1. The zero-order valence-corrected chi connectivity index (χ0v) is 14.0. The molecular weight excluding hydrogens is 304 g/mol. The smallest absolute Gasteiger partial charge is 0.255 e. The van der Waals surface area contributed by atoms with Crippen LogP contribution in [0.1, 0.15) is 35.7 Å². The molecular formula is C19H22N2O3. The van der Waals surface area contributed by atoms with Gasteiger partial charge in [0.2, 0.25) is 0 Å². The number of methoxy groups -OCH3 is 1. The van der Waals surface area contributed by atoms with E-state index in [-0.39, 0.29) is 11.9 Å². The highest BCUT2D eigenvalue weighted by Crippen LogP contribution is 2.36. The van der Waals surface area contributed by atoms with Gasteiger partial charge in [-0.2, -0.15) is 0 Å². The molecule has 2 atom stereocenters. The third-order valence-electron chi connectivity index (χ3n) is 4.75. The Bertz CT molecular complexity index is 698. The van der Waals surface area contributed by atoms with E-state index in [4.69, 9.17) is 4.74 Å². The molecule has 3 rings (SSSR count). The summed E-state index contributed by atoms with van der Waals surface area (Å²) in [7, 11) is 1.61. The Morgan fingerprint density at radius 3 is 2.71 bits per heavy atom. The molecule has 0 saturated carbocycles. The van der Waals surface area contributed by atoms with Crippen LogP contribution in [0.4, 0.5) is 0 Å². The maximum Gasteiger partial charge on any atom is 0.255 e. The predicted octanol–water partition coefficient (Wildman–Crippen LogP) is 2.60. The molecule has 0 radical (unpaired) electrons. The number of rotatable bonds is 4. The molecule has 2 aromatic rings. The summed E-state index contributed by atoms with van der Waals surface area (Å²) in [6.45, 7) is 2.42. The zero-order valence-electron chi connectivity index (χ0n) is 14.0. The van der Waals surface area contributed by atoms with Crippen LogP contribution in [0.3, 0.4) is 0 Å². The molecule has 1 aromatic carbocycles. The fourth-order valence-electron chi connectivity index (χ4n) is 3.37. The summed E-state index contributed by atoms with van der Waals surface area (Å²) in [6, 6.07) is 10.6. The number of hydrogen-bond donors (Lipinski definition) is 1. The number of benzene rings is 1. The number of hydrogen-bond acceptors (Lipinski definition) is 4. The minimum atomic E-state index is -1.12. The normalized spacial score (nSPS) is 19.8. The van der Waals surface area contributed by atoms with E-state index in [1.807, 2.05) is 24.3 Å². The van der Waals surface area contributed by atoms with Crippen molar-refractivity contribution in [2.24, 2.45) is 0 Å². The second kappa shape index (κ2) is 6.61. The summed E-state index contributed by atoms with van der Waals surface area (Å²) in [5.41, 5.74) is 0.204. The van der Waals surface area contributed by atoms with Gasteiger partial charge in [0.25, 0.3) is 5.91 Å². The molecule has 5 nitrogen and oxygen atoms in total. The van der Waals surface area contributed by atoms with Gasteiger partial charge in [-0.15, -0.1) is 0 Å². The predicted molar refractivity (Wildman–Crippen MR) is 90.9 cm³/mol. The first kappa shape index (κ1) is 16.5. The van der Waals surface area contributed by atoms with Crippen LogP contribution in [0.5, 0.6) is 5.75 Å². The van der Waals surface area contributed by atoms with Crippen molar-refractivity contribution < 1.29 is 14.6 Å². The molecule has 1 amide bonds. The Kier molecular flexibility index (Phi) is 4.53. The molecule has 0 bridgehead atoms. The SMILES string of the molecule is COc1ccc([C@](C)(O)[C@@H]2CCCN2C(=O)c2cccnc2)cc1. The van der Waals surface area contributed by atoms with Crippen molar-refractivity contribution in [1.29, 1.82) is 0 Å². The van der Waals surface area contributed by atoms with E-state index in [2.05, 4.69) is 4.98 Å². The van der Waals surface area contributed by atoms with Crippen molar-refractivity contribution in [3.63, 3.8) is 0 Å². The fourth-order valence-corrected chi connectivity index (χ4v) is 3.37. The third kappa shape index (κ3) is 2.99. The molecule has 1 saturated heterocycles. The van der Waals surface area contributed by atoms with E-state index in [1.165, 1.54) is 0 Å². The summed E-state index contributed by atoms with van der Waals surface area (Å²) in [5.74, 6) is 0.656. The van der Waals surface area contributed by atoms with Crippen LogP contribution in [-0.4, -0.2) is 40.6 Å². The van der Waals surface area contributed by atoms with Crippen molar-refractivity contribution in [3.8, 4) is 5.75 Å². The standard InChI is InChI=1S/C19H22N2O3/c1-19(23,15-7-9-16(24-2)10-8-15)17-6-4-12-21(17)18(22)14-5-3-11-20-13-14/h3,5,7-11,13,17,23H,4,6,12H2,1-2H3/t17-,19-/m0/s1. The molecule has 0 spiro atoms. The lowest BCUT2D eigenvalue weighted by Crippen LogP contribution is -2.48. The van der Waals surface area contributed by atoms with Gasteiger partial charge in [0, 0.05) is 18.9 Å². The number of carbonyl (C=O) groups excluding carboxylic acids is 1. The van der Waals surface area contributed by atoms with Crippen molar-refractivity contribution in [3.05, 3.63) is 59.9 Å². The molecule has 1 fully saturated rings. The molecule has 0 unspecified atom stereocenters. The van der Waals surface area contributed by atoms with Crippen LogP contribution >= 0.6 is 0 Å². The van der Waals surface area contributed by atoms with Crippen molar-refractivity contribution in [1.82, 2.24) is 9.88 Å². The summed E-state index contributed by atoms with van der Waals surface area (Å²) in [6.07, 6.45) is 4.86.